The normalized spacial score (nSPS) is 19.5. The van der Waals surface area contributed by atoms with Gasteiger partial charge in [0, 0.05) is 16.4 Å². The minimum atomic E-state index is -4.73. The molecule has 16 heteroatoms. The zero-order valence-corrected chi connectivity index (χ0v) is 24.6. The quantitative estimate of drug-likeness (QED) is 0.183. The highest BCUT2D eigenvalue weighted by atomic mass is 32.2. The molecule has 238 valence electrons. The van der Waals surface area contributed by atoms with Crippen LogP contribution in [0.2, 0.25) is 0 Å². The Balaban J connectivity index is 1.33. The van der Waals surface area contributed by atoms with Gasteiger partial charge in [-0.1, -0.05) is 59.5 Å². The summed E-state index contributed by atoms with van der Waals surface area (Å²) in [5.41, 5.74) is -2.57. The highest BCUT2D eigenvalue weighted by molar-refractivity contribution is 8.00. The third-order valence-electron chi connectivity index (χ3n) is 7.38. The number of imide groups is 1. The Morgan fingerprint density at radius 1 is 0.891 bits per heavy atom. The molecular formula is C30H19F6N3O5S2. The van der Waals surface area contributed by atoms with E-state index in [1.54, 1.807) is 18.2 Å². The molecule has 0 saturated carbocycles. The lowest BCUT2D eigenvalue weighted by atomic mass is 9.82. The number of halogens is 6. The number of carbonyl (C=O) groups is 3. The van der Waals surface area contributed by atoms with Crippen LogP contribution in [0.4, 0.5) is 37.7 Å². The van der Waals surface area contributed by atoms with E-state index in [0.717, 1.165) is 47.4 Å². The van der Waals surface area contributed by atoms with Gasteiger partial charge in [-0.3, -0.25) is 19.2 Å². The topological polar surface area (TPSA) is 109 Å². The van der Waals surface area contributed by atoms with Crippen molar-refractivity contribution < 1.29 is 45.5 Å². The second-order valence-corrected chi connectivity index (χ2v) is 12.4. The second kappa shape index (κ2) is 11.7. The van der Waals surface area contributed by atoms with Crippen LogP contribution in [-0.4, -0.2) is 34.6 Å². The van der Waals surface area contributed by atoms with E-state index in [2.05, 4.69) is 10.3 Å². The zero-order valence-electron chi connectivity index (χ0n) is 22.9. The van der Waals surface area contributed by atoms with Crippen LogP contribution in [0.25, 0.3) is 0 Å². The fourth-order valence-corrected chi connectivity index (χ4v) is 7.97. The van der Waals surface area contributed by atoms with Crippen molar-refractivity contribution in [3.63, 3.8) is 0 Å². The van der Waals surface area contributed by atoms with Crippen molar-refractivity contribution in [1.82, 2.24) is 4.98 Å². The highest BCUT2D eigenvalue weighted by Crippen LogP contribution is 2.54. The van der Waals surface area contributed by atoms with Crippen LogP contribution in [0, 0.1) is 5.92 Å². The Bertz CT molecular complexity index is 1920. The molecule has 3 unspecified atom stereocenters. The predicted molar refractivity (Wildman–Crippen MR) is 156 cm³/mol. The number of thiazole rings is 1. The van der Waals surface area contributed by atoms with E-state index < -0.39 is 75.5 Å². The van der Waals surface area contributed by atoms with E-state index >= 15 is 0 Å². The van der Waals surface area contributed by atoms with Gasteiger partial charge in [0.15, 0.2) is 6.61 Å². The van der Waals surface area contributed by atoms with Gasteiger partial charge in [-0.15, -0.1) is 0 Å². The molecule has 3 heterocycles. The molecule has 0 aliphatic carbocycles. The number of benzene rings is 3. The summed E-state index contributed by atoms with van der Waals surface area (Å²) >= 11 is 1.70. The number of aromatic amines is 1. The number of H-pyrrole nitrogens is 1. The van der Waals surface area contributed by atoms with Gasteiger partial charge in [-0.05, 0) is 36.4 Å². The van der Waals surface area contributed by atoms with E-state index in [4.69, 9.17) is 4.74 Å². The number of ether oxygens (including phenoxy) is 1. The Morgan fingerprint density at radius 3 is 2.35 bits per heavy atom. The molecule has 46 heavy (non-hydrogen) atoms. The highest BCUT2D eigenvalue weighted by Gasteiger charge is 2.57. The lowest BCUT2D eigenvalue weighted by Gasteiger charge is -2.30. The molecule has 8 nitrogen and oxygen atoms in total. The molecule has 0 radical (unpaired) electrons. The number of hydrogen-bond donors (Lipinski definition) is 2. The molecule has 4 aromatic rings. The summed E-state index contributed by atoms with van der Waals surface area (Å²) in [6.07, 6.45) is -9.46. The average molecular weight is 680 g/mol. The van der Waals surface area contributed by atoms with E-state index in [1.165, 1.54) is 24.3 Å². The van der Waals surface area contributed by atoms with Gasteiger partial charge in [0.25, 0.3) is 5.91 Å². The maximum absolute atomic E-state index is 13.9. The number of amides is 3. The number of fused-ring (bicyclic) bond motifs is 2. The first-order chi connectivity index (χ1) is 21.7. The van der Waals surface area contributed by atoms with Crippen LogP contribution in [0.3, 0.4) is 0 Å². The van der Waals surface area contributed by atoms with Crippen molar-refractivity contribution >= 4 is 52.2 Å². The first kappa shape index (κ1) is 31.4. The Kier molecular flexibility index (Phi) is 7.96. The summed E-state index contributed by atoms with van der Waals surface area (Å²) in [5, 5.41) is 1.35. The van der Waals surface area contributed by atoms with Gasteiger partial charge < -0.3 is 15.0 Å². The van der Waals surface area contributed by atoms with Crippen molar-refractivity contribution in [1.29, 1.82) is 0 Å². The molecule has 6 rings (SSSR count). The smallest absolute Gasteiger partial charge is 0.418 e. The van der Waals surface area contributed by atoms with Crippen molar-refractivity contribution in [2.45, 2.75) is 28.5 Å². The Labute approximate surface area is 263 Å². The fourth-order valence-electron chi connectivity index (χ4n) is 5.47. The summed E-state index contributed by atoms with van der Waals surface area (Å²) in [7, 11) is 0. The molecule has 1 saturated heterocycles. The summed E-state index contributed by atoms with van der Waals surface area (Å²) in [4.78, 5) is 55.9. The molecule has 3 amide bonds. The summed E-state index contributed by atoms with van der Waals surface area (Å²) in [5.74, 6) is -4.62. The standard InChI is InChI=1S/C30H19F6N3O5S2/c31-29(32,33)14-6-5-7-15(12-14)39-26(41)22-21(23-25(38-28(43)46-23)45-24(22)27(39)42)16-8-1-4-11-19(16)44-13-20(40)37-18-10-3-2-9-17(18)30(34,35)36/h1-12,21-22,24H,13H2,(H,37,40)(H,38,43). The third kappa shape index (κ3) is 5.77. The Hall–Kier alpha value is -4.57. The van der Waals surface area contributed by atoms with E-state index in [9.17, 15) is 45.5 Å². The van der Waals surface area contributed by atoms with Crippen molar-refractivity contribution in [2.24, 2.45) is 5.92 Å². The third-order valence-corrected chi connectivity index (χ3v) is 9.78. The largest absolute Gasteiger partial charge is 0.483 e. The second-order valence-electron chi connectivity index (χ2n) is 10.2. The van der Waals surface area contributed by atoms with Crippen LogP contribution in [0.5, 0.6) is 5.75 Å². The van der Waals surface area contributed by atoms with Gasteiger partial charge in [0.05, 0.1) is 33.4 Å². The molecule has 1 fully saturated rings. The number of alkyl halides is 6. The van der Waals surface area contributed by atoms with E-state index in [-0.39, 0.29) is 17.0 Å². The average Bonchev–Trinajstić information content (AvgIpc) is 3.49. The molecule has 2 aliphatic rings. The number of nitrogens with one attached hydrogen (secondary N) is 2. The van der Waals surface area contributed by atoms with Crippen LogP contribution in [-0.2, 0) is 26.7 Å². The van der Waals surface area contributed by atoms with E-state index in [0.29, 0.717) is 20.9 Å². The summed E-state index contributed by atoms with van der Waals surface area (Å²) in [6.45, 7) is -0.738. The van der Waals surface area contributed by atoms with Gasteiger partial charge in [-0.25, -0.2) is 4.90 Å². The van der Waals surface area contributed by atoms with E-state index in [1.807, 2.05) is 0 Å². The molecular weight excluding hydrogens is 660 g/mol. The van der Waals surface area contributed by atoms with Gasteiger partial charge in [0.2, 0.25) is 11.8 Å². The molecule has 3 aromatic carbocycles. The molecule has 1 aromatic heterocycles. The number of thioether (sulfide) groups is 1. The van der Waals surface area contributed by atoms with Crippen LogP contribution in [0.1, 0.15) is 27.5 Å². The number of rotatable bonds is 6. The number of nitrogens with zero attached hydrogens (tertiary/aromatic N) is 1. The number of hydrogen-bond acceptors (Lipinski definition) is 7. The molecule has 0 bridgehead atoms. The van der Waals surface area contributed by atoms with Crippen LogP contribution in [0.15, 0.2) is 82.6 Å². The first-order valence-electron chi connectivity index (χ1n) is 13.4. The van der Waals surface area contributed by atoms with Crippen LogP contribution < -0.4 is 19.8 Å². The molecule has 2 aliphatic heterocycles. The summed E-state index contributed by atoms with van der Waals surface area (Å²) in [6, 6.07) is 14.3. The predicted octanol–water partition coefficient (Wildman–Crippen LogP) is 6.29. The lowest BCUT2D eigenvalue weighted by molar-refractivity contribution is -0.138. The number of anilines is 2. The maximum Gasteiger partial charge on any atom is 0.418 e. The lowest BCUT2D eigenvalue weighted by Crippen LogP contribution is -2.32. The Morgan fingerprint density at radius 2 is 1.61 bits per heavy atom. The summed E-state index contributed by atoms with van der Waals surface area (Å²) < 4.78 is 86.3. The molecule has 0 spiro atoms. The molecule has 2 N–H and O–H groups in total. The van der Waals surface area contributed by atoms with Crippen molar-refractivity contribution in [3.8, 4) is 5.75 Å². The zero-order chi connectivity index (χ0) is 33.0. The first-order valence-corrected chi connectivity index (χ1v) is 15.1. The maximum atomic E-state index is 13.9. The SMILES string of the molecule is O=C(COc1ccccc1C1c2sc(=O)[nH]c2SC2C(=O)N(c3cccc(C(F)(F)F)c3)C(=O)C21)Nc1ccccc1C(F)(F)F. The minimum absolute atomic E-state index is 0.0435. The minimum Gasteiger partial charge on any atom is -0.483 e. The fraction of sp³-hybridized carbons (Fsp3) is 0.200. The van der Waals surface area contributed by atoms with Gasteiger partial charge >= 0.3 is 17.2 Å². The number of carbonyl (C=O) groups excluding carboxylic acids is 3. The number of aromatic nitrogens is 1. The van der Waals surface area contributed by atoms with Gasteiger partial charge in [0.1, 0.15) is 11.0 Å². The molecule has 3 atom stereocenters. The van der Waals surface area contributed by atoms with Crippen LogP contribution >= 0.6 is 23.1 Å². The van der Waals surface area contributed by atoms with Crippen molar-refractivity contribution in [3.05, 3.63) is 104 Å². The van der Waals surface area contributed by atoms with Gasteiger partial charge in [-0.2, -0.15) is 26.3 Å². The van der Waals surface area contributed by atoms with Crippen molar-refractivity contribution in [2.75, 3.05) is 16.8 Å². The number of para-hydroxylation sites is 2. The monoisotopic (exact) mass is 679 g/mol.